The van der Waals surface area contributed by atoms with E-state index >= 15 is 0 Å². The van der Waals surface area contributed by atoms with Crippen LogP contribution in [0.5, 0.6) is 11.5 Å². The first kappa shape index (κ1) is 38.8. The summed E-state index contributed by atoms with van der Waals surface area (Å²) in [4.78, 5) is 4.32. The number of azide groups is 1. The largest absolute Gasteiger partial charge is 0.455 e. The Hall–Kier alpha value is -4.06. The first-order valence-electron chi connectivity index (χ1n) is 19.4. The van der Waals surface area contributed by atoms with Crippen LogP contribution in [0.4, 0.5) is 5.69 Å². The maximum atomic E-state index is 13.5. The minimum absolute atomic E-state index is 0.0498. The molecular formula is C39H47N6O9S2+. The van der Waals surface area contributed by atoms with E-state index in [4.69, 9.17) is 24.5 Å². The smallest absolute Gasteiger partial charge is 0.295 e. The van der Waals surface area contributed by atoms with Gasteiger partial charge in [0.05, 0.1) is 50.1 Å². The SMILES string of the molecule is [N-]=[N+]=NCCOCCOCCOCCNS(=O)(=O)c1ccc(C2=c3cc4c5c(c3Oc3c2cc2c6c3CCCN6CCC2)CCC[N+]=5CCC4)c(S(=O)(=O)O)c1. The molecule has 17 heteroatoms. The lowest BCUT2D eigenvalue weighted by atomic mass is 9.82. The van der Waals surface area contributed by atoms with E-state index in [1.165, 1.54) is 34.3 Å². The zero-order chi connectivity index (χ0) is 38.9. The zero-order valence-corrected chi connectivity index (χ0v) is 32.9. The summed E-state index contributed by atoms with van der Waals surface area (Å²) >= 11 is 0. The summed E-state index contributed by atoms with van der Waals surface area (Å²) < 4.78 is 92.6. The van der Waals surface area contributed by atoms with Crippen molar-refractivity contribution in [3.05, 3.63) is 84.7 Å². The van der Waals surface area contributed by atoms with Gasteiger partial charge in [-0.3, -0.25) is 4.55 Å². The molecule has 0 saturated carbocycles. The number of fused-ring (bicyclic) bond motifs is 4. The lowest BCUT2D eigenvalue weighted by Crippen LogP contribution is -2.45. The molecule has 5 aliphatic rings. The van der Waals surface area contributed by atoms with Crippen molar-refractivity contribution in [1.82, 2.24) is 9.30 Å². The Bertz CT molecular complexity index is 2440. The number of aryl methyl sites for hydroxylation is 2. The third-order valence-electron chi connectivity index (χ3n) is 11.2. The Kier molecular flexibility index (Phi) is 11.4. The van der Waals surface area contributed by atoms with Crippen LogP contribution in [0.1, 0.15) is 59.1 Å². The highest BCUT2D eigenvalue weighted by atomic mass is 32.2. The summed E-state index contributed by atoms with van der Waals surface area (Å²) in [5.74, 6) is 1.45. The van der Waals surface area contributed by atoms with Gasteiger partial charge in [0.25, 0.3) is 10.1 Å². The molecule has 2 N–H and O–H groups in total. The van der Waals surface area contributed by atoms with Gasteiger partial charge in [-0.05, 0) is 73.9 Å². The maximum absolute atomic E-state index is 13.5. The van der Waals surface area contributed by atoms with Gasteiger partial charge in [-0.15, -0.1) is 0 Å². The molecule has 0 amide bonds. The van der Waals surface area contributed by atoms with Gasteiger partial charge < -0.3 is 23.8 Å². The van der Waals surface area contributed by atoms with Crippen LogP contribution >= 0.6 is 0 Å². The normalized spacial score (nSPS) is 17.0. The first-order chi connectivity index (χ1) is 27.2. The Balaban J connectivity index is 1.12. The van der Waals surface area contributed by atoms with E-state index in [1.54, 1.807) is 0 Å². The fourth-order valence-electron chi connectivity index (χ4n) is 8.92. The molecule has 0 unspecified atom stereocenters. The number of nitrogens with zero attached hydrogens (tertiary/aromatic N) is 5. The molecule has 0 fully saturated rings. The molecule has 3 aromatic rings. The quantitative estimate of drug-likeness (QED) is 0.0425. The average molecular weight is 808 g/mol. The minimum Gasteiger partial charge on any atom is -0.455 e. The lowest BCUT2D eigenvalue weighted by molar-refractivity contribution is 0.0171. The molecule has 0 bridgehead atoms. The Morgan fingerprint density at radius 1 is 0.821 bits per heavy atom. The van der Waals surface area contributed by atoms with Gasteiger partial charge in [0.15, 0.2) is 0 Å². The van der Waals surface area contributed by atoms with Gasteiger partial charge in [-0.25, -0.2) is 17.7 Å². The maximum Gasteiger partial charge on any atom is 0.295 e. The van der Waals surface area contributed by atoms with Gasteiger partial charge >= 0.3 is 0 Å². The molecule has 0 spiro atoms. The molecular weight excluding hydrogens is 761 g/mol. The second-order valence-corrected chi connectivity index (χ2v) is 17.8. The molecule has 0 aliphatic carbocycles. The summed E-state index contributed by atoms with van der Waals surface area (Å²) in [6, 6.07) is 8.22. The molecule has 0 radical (unpaired) electrons. The summed E-state index contributed by atoms with van der Waals surface area (Å²) in [5.41, 5.74) is 15.8. The van der Waals surface area contributed by atoms with Gasteiger partial charge in [0, 0.05) is 82.7 Å². The van der Waals surface area contributed by atoms with Crippen LogP contribution in [0.2, 0.25) is 0 Å². The number of hydrogen-bond acceptors (Lipinski definition) is 10. The summed E-state index contributed by atoms with van der Waals surface area (Å²) in [6.45, 7) is 5.61. The number of hydrogen-bond donors (Lipinski definition) is 2. The lowest BCUT2D eigenvalue weighted by Gasteiger charge is -2.39. The Morgan fingerprint density at radius 2 is 1.52 bits per heavy atom. The van der Waals surface area contributed by atoms with E-state index in [-0.39, 0.29) is 43.4 Å². The Morgan fingerprint density at radius 3 is 2.29 bits per heavy atom. The van der Waals surface area contributed by atoms with Crippen molar-refractivity contribution in [3.8, 4) is 11.5 Å². The molecule has 0 saturated heterocycles. The van der Waals surface area contributed by atoms with Gasteiger partial charge in [0.2, 0.25) is 15.4 Å². The number of rotatable bonds is 16. The second-order valence-electron chi connectivity index (χ2n) is 14.7. The molecule has 5 aliphatic heterocycles. The summed E-state index contributed by atoms with van der Waals surface area (Å²) in [6.07, 6.45) is 7.41. The van der Waals surface area contributed by atoms with E-state index < -0.39 is 25.0 Å². The topological polar surface area (TPSA) is 192 Å². The zero-order valence-electron chi connectivity index (χ0n) is 31.3. The van der Waals surface area contributed by atoms with Crippen molar-refractivity contribution >= 4 is 31.4 Å². The monoisotopic (exact) mass is 807 g/mol. The van der Waals surface area contributed by atoms with Crippen molar-refractivity contribution in [2.24, 2.45) is 5.11 Å². The number of anilines is 1. The molecule has 298 valence electrons. The predicted octanol–water partition coefficient (Wildman–Crippen LogP) is 3.01. The van der Waals surface area contributed by atoms with E-state index in [2.05, 4.69) is 36.4 Å². The van der Waals surface area contributed by atoms with E-state index in [9.17, 15) is 21.4 Å². The Labute approximate surface area is 326 Å². The number of ether oxygens (including phenoxy) is 4. The predicted molar refractivity (Wildman–Crippen MR) is 208 cm³/mol. The molecule has 15 nitrogen and oxygen atoms in total. The fourth-order valence-corrected chi connectivity index (χ4v) is 10.8. The molecule has 0 atom stereocenters. The van der Waals surface area contributed by atoms with Crippen molar-refractivity contribution in [2.45, 2.75) is 61.2 Å². The van der Waals surface area contributed by atoms with Crippen LogP contribution in [-0.4, -0.2) is 100 Å². The van der Waals surface area contributed by atoms with E-state index in [1.807, 2.05) is 0 Å². The van der Waals surface area contributed by atoms with Crippen molar-refractivity contribution in [1.29, 1.82) is 0 Å². The number of benzene rings is 3. The van der Waals surface area contributed by atoms with Crippen molar-refractivity contribution in [2.75, 3.05) is 83.8 Å². The molecule has 56 heavy (non-hydrogen) atoms. The van der Waals surface area contributed by atoms with Gasteiger partial charge in [-0.1, -0.05) is 11.2 Å². The molecule has 0 aromatic heterocycles. The van der Waals surface area contributed by atoms with Gasteiger partial charge in [0.1, 0.15) is 29.5 Å². The molecule has 8 rings (SSSR count). The highest BCUT2D eigenvalue weighted by Gasteiger charge is 2.37. The van der Waals surface area contributed by atoms with E-state index in [0.717, 1.165) is 117 Å². The molecule has 5 heterocycles. The first-order valence-corrected chi connectivity index (χ1v) is 22.4. The van der Waals surface area contributed by atoms with Gasteiger partial charge in [-0.2, -0.15) is 8.42 Å². The third kappa shape index (κ3) is 7.66. The second kappa shape index (κ2) is 16.4. The van der Waals surface area contributed by atoms with E-state index in [0.29, 0.717) is 25.4 Å². The minimum atomic E-state index is -4.92. The molecule has 3 aromatic carbocycles. The number of sulfonamides is 1. The standard InChI is InChI=1S/C39H46N6O9S2/c40-43-41-11-17-51-19-21-53-22-20-52-18-12-42-55(46,47)28-9-10-29(34(25-28)56(48,49)50)35-32-23-26-5-1-13-44-15-3-7-30(36(26)44)38(32)54-39-31-8-4-16-45-14-2-6-27(37(31)45)24-33(35)39/h9-10,23-25,42H,1-8,11-22H2/p+1. The van der Waals surface area contributed by atoms with Crippen LogP contribution < -0.4 is 29.5 Å². The van der Waals surface area contributed by atoms with Crippen LogP contribution in [0.3, 0.4) is 0 Å². The van der Waals surface area contributed by atoms with Crippen LogP contribution in [0, 0.1) is 0 Å². The highest BCUT2D eigenvalue weighted by molar-refractivity contribution is 7.89. The summed E-state index contributed by atoms with van der Waals surface area (Å²) in [7, 11) is -9.11. The summed E-state index contributed by atoms with van der Waals surface area (Å²) in [5, 5.41) is 5.37. The van der Waals surface area contributed by atoms with Crippen LogP contribution in [-0.2, 0) is 60.0 Å². The number of nitrogens with one attached hydrogen (secondary N) is 1. The average Bonchev–Trinajstić information content (AvgIpc) is 3.19. The van der Waals surface area contributed by atoms with Crippen molar-refractivity contribution in [3.63, 3.8) is 0 Å². The third-order valence-corrected chi connectivity index (χ3v) is 13.5. The van der Waals surface area contributed by atoms with Crippen LogP contribution in [0.25, 0.3) is 16.0 Å². The van der Waals surface area contributed by atoms with Crippen LogP contribution in [0.15, 0.2) is 45.2 Å². The van der Waals surface area contributed by atoms with Crippen molar-refractivity contribution < 1.29 is 40.3 Å². The highest BCUT2D eigenvalue weighted by Crippen LogP contribution is 2.49. The fraction of sp³-hybridized carbons (Fsp3) is 0.513.